The molecule has 0 saturated heterocycles. The van der Waals surface area contributed by atoms with Gasteiger partial charge in [-0.2, -0.15) is 0 Å². The second-order valence-electron chi connectivity index (χ2n) is 4.33. The van der Waals surface area contributed by atoms with E-state index in [1.807, 2.05) is 0 Å². The maximum absolute atomic E-state index is 11.7. The molecule has 0 unspecified atom stereocenters. The zero-order valence-electron chi connectivity index (χ0n) is 10.1. The average molecular weight is 227 g/mol. The van der Waals surface area contributed by atoms with Crippen molar-refractivity contribution in [2.75, 3.05) is 6.61 Å². The Balaban J connectivity index is 2.60. The number of carbonyl (C=O) groups excluding carboxylic acids is 2. The molecule has 1 amide bonds. The molecule has 0 bridgehead atoms. The lowest BCUT2D eigenvalue weighted by Crippen LogP contribution is -2.46. The Bertz CT molecular complexity index is 247. The summed E-state index contributed by atoms with van der Waals surface area (Å²) in [4.78, 5) is 22.8. The van der Waals surface area contributed by atoms with Crippen LogP contribution in [-0.4, -0.2) is 24.5 Å². The van der Waals surface area contributed by atoms with Crippen molar-refractivity contribution in [1.82, 2.24) is 5.32 Å². The molecule has 1 saturated carbocycles. The van der Waals surface area contributed by atoms with Gasteiger partial charge < -0.3 is 10.1 Å². The van der Waals surface area contributed by atoms with E-state index < -0.39 is 6.04 Å². The van der Waals surface area contributed by atoms with Gasteiger partial charge in [0.15, 0.2) is 0 Å². The molecule has 1 rings (SSSR count). The molecule has 0 spiro atoms. The van der Waals surface area contributed by atoms with Crippen molar-refractivity contribution < 1.29 is 14.3 Å². The van der Waals surface area contributed by atoms with E-state index in [-0.39, 0.29) is 17.8 Å². The Morgan fingerprint density at radius 1 is 1.31 bits per heavy atom. The molecule has 0 aromatic rings. The maximum Gasteiger partial charge on any atom is 0.328 e. The summed E-state index contributed by atoms with van der Waals surface area (Å²) in [6.07, 6.45) is 5.51. The number of hydrogen-bond acceptors (Lipinski definition) is 3. The van der Waals surface area contributed by atoms with E-state index in [4.69, 9.17) is 4.74 Å². The van der Waals surface area contributed by atoms with Crippen molar-refractivity contribution in [3.63, 3.8) is 0 Å². The molecule has 16 heavy (non-hydrogen) atoms. The first-order valence-electron chi connectivity index (χ1n) is 6.09. The van der Waals surface area contributed by atoms with Crippen LogP contribution in [-0.2, 0) is 14.3 Å². The third-order valence-electron chi connectivity index (χ3n) is 3.02. The molecule has 92 valence electrons. The lowest BCUT2D eigenvalue weighted by Gasteiger charge is -2.28. The first-order chi connectivity index (χ1) is 7.65. The summed E-state index contributed by atoms with van der Waals surface area (Å²) < 4.78 is 5.00. The molecule has 0 radical (unpaired) electrons. The Morgan fingerprint density at radius 3 is 2.44 bits per heavy atom. The van der Waals surface area contributed by atoms with Crippen molar-refractivity contribution in [2.24, 2.45) is 5.92 Å². The molecule has 1 aliphatic carbocycles. The van der Waals surface area contributed by atoms with Gasteiger partial charge in [0.05, 0.1) is 6.61 Å². The van der Waals surface area contributed by atoms with Gasteiger partial charge in [0.2, 0.25) is 5.91 Å². The number of esters is 1. The standard InChI is InChI=1S/C12H21NO3/c1-3-16-12(15)11(13-9(2)14)10-7-5-4-6-8-10/h10-11H,3-8H2,1-2H3,(H,13,14)/t11-/m1/s1. The third-order valence-corrected chi connectivity index (χ3v) is 3.02. The first-order valence-corrected chi connectivity index (χ1v) is 6.09. The molecule has 1 N–H and O–H groups in total. The number of rotatable bonds is 4. The van der Waals surface area contributed by atoms with Crippen molar-refractivity contribution >= 4 is 11.9 Å². The van der Waals surface area contributed by atoms with E-state index in [1.165, 1.54) is 13.3 Å². The van der Waals surface area contributed by atoms with Crippen molar-refractivity contribution in [3.8, 4) is 0 Å². The summed E-state index contributed by atoms with van der Waals surface area (Å²) in [5.74, 6) is -0.204. The molecular weight excluding hydrogens is 206 g/mol. The monoisotopic (exact) mass is 227 g/mol. The summed E-state index contributed by atoms with van der Waals surface area (Å²) in [6, 6.07) is -0.447. The minimum Gasteiger partial charge on any atom is -0.464 e. The van der Waals surface area contributed by atoms with Gasteiger partial charge in [0.1, 0.15) is 6.04 Å². The molecule has 1 atom stereocenters. The lowest BCUT2D eigenvalue weighted by atomic mass is 9.84. The summed E-state index contributed by atoms with van der Waals surface area (Å²) >= 11 is 0. The van der Waals surface area contributed by atoms with Crippen LogP contribution in [0.15, 0.2) is 0 Å². The smallest absolute Gasteiger partial charge is 0.328 e. The third kappa shape index (κ3) is 3.83. The van der Waals surface area contributed by atoms with Gasteiger partial charge in [0.25, 0.3) is 0 Å². The lowest BCUT2D eigenvalue weighted by molar-refractivity contribution is -0.149. The minimum absolute atomic E-state index is 0.163. The van der Waals surface area contributed by atoms with Crippen LogP contribution in [0.1, 0.15) is 46.0 Å². The molecular formula is C12H21NO3. The van der Waals surface area contributed by atoms with Crippen LogP contribution in [0.3, 0.4) is 0 Å². The van der Waals surface area contributed by atoms with E-state index in [2.05, 4.69) is 5.32 Å². The number of hydrogen-bond donors (Lipinski definition) is 1. The van der Waals surface area contributed by atoms with E-state index in [1.54, 1.807) is 6.92 Å². The fourth-order valence-corrected chi connectivity index (χ4v) is 2.29. The van der Waals surface area contributed by atoms with Crippen LogP contribution in [0.4, 0.5) is 0 Å². The predicted octanol–water partition coefficient (Wildman–Crippen LogP) is 1.63. The average Bonchev–Trinajstić information content (AvgIpc) is 2.27. The molecule has 1 aliphatic rings. The van der Waals surface area contributed by atoms with Crippen LogP contribution in [0.2, 0.25) is 0 Å². The van der Waals surface area contributed by atoms with Crippen LogP contribution >= 0.6 is 0 Å². The Hall–Kier alpha value is -1.06. The maximum atomic E-state index is 11.7. The topological polar surface area (TPSA) is 55.4 Å². The second kappa shape index (κ2) is 6.51. The van der Waals surface area contributed by atoms with Gasteiger partial charge in [0, 0.05) is 6.92 Å². The SMILES string of the molecule is CCOC(=O)[C@H](NC(C)=O)C1CCCCC1. The van der Waals surface area contributed by atoms with E-state index >= 15 is 0 Å². The quantitative estimate of drug-likeness (QED) is 0.743. The number of ether oxygens (including phenoxy) is 1. The highest BCUT2D eigenvalue weighted by molar-refractivity contribution is 5.83. The molecule has 0 aromatic heterocycles. The van der Waals surface area contributed by atoms with E-state index in [0.29, 0.717) is 6.61 Å². The summed E-state index contributed by atoms with van der Waals surface area (Å²) in [5, 5.41) is 2.72. The van der Waals surface area contributed by atoms with Crippen molar-refractivity contribution in [3.05, 3.63) is 0 Å². The normalized spacial score (nSPS) is 18.9. The minimum atomic E-state index is -0.447. The van der Waals surface area contributed by atoms with Gasteiger partial charge >= 0.3 is 5.97 Å². The fraction of sp³-hybridized carbons (Fsp3) is 0.833. The number of amides is 1. The zero-order chi connectivity index (χ0) is 12.0. The fourth-order valence-electron chi connectivity index (χ4n) is 2.29. The molecule has 0 aromatic carbocycles. The van der Waals surface area contributed by atoms with Gasteiger partial charge in [-0.15, -0.1) is 0 Å². The Labute approximate surface area is 96.7 Å². The highest BCUT2D eigenvalue weighted by Gasteiger charge is 2.31. The van der Waals surface area contributed by atoms with Crippen LogP contribution < -0.4 is 5.32 Å². The molecule has 0 aliphatic heterocycles. The zero-order valence-corrected chi connectivity index (χ0v) is 10.1. The van der Waals surface area contributed by atoms with Gasteiger partial charge in [-0.05, 0) is 25.7 Å². The molecule has 4 nitrogen and oxygen atoms in total. The van der Waals surface area contributed by atoms with E-state index in [0.717, 1.165) is 25.7 Å². The van der Waals surface area contributed by atoms with Crippen molar-refractivity contribution in [1.29, 1.82) is 0 Å². The second-order valence-corrected chi connectivity index (χ2v) is 4.33. The molecule has 1 fully saturated rings. The van der Waals surface area contributed by atoms with E-state index in [9.17, 15) is 9.59 Å². The van der Waals surface area contributed by atoms with Gasteiger partial charge in [-0.1, -0.05) is 19.3 Å². The largest absolute Gasteiger partial charge is 0.464 e. The number of carbonyl (C=O) groups is 2. The van der Waals surface area contributed by atoms with Gasteiger partial charge in [-0.3, -0.25) is 4.79 Å². The Kier molecular flexibility index (Phi) is 5.29. The number of nitrogens with one attached hydrogen (secondary N) is 1. The molecule has 4 heteroatoms. The first kappa shape index (κ1) is 13.0. The highest BCUT2D eigenvalue weighted by atomic mass is 16.5. The Morgan fingerprint density at radius 2 is 1.94 bits per heavy atom. The highest BCUT2D eigenvalue weighted by Crippen LogP contribution is 2.27. The summed E-state index contributed by atoms with van der Waals surface area (Å²) in [6.45, 7) is 3.58. The molecule has 0 heterocycles. The van der Waals surface area contributed by atoms with Crippen LogP contribution in [0.25, 0.3) is 0 Å². The summed E-state index contributed by atoms with van der Waals surface area (Å²) in [5.41, 5.74) is 0. The van der Waals surface area contributed by atoms with Gasteiger partial charge in [-0.25, -0.2) is 4.79 Å². The predicted molar refractivity (Wildman–Crippen MR) is 60.8 cm³/mol. The van der Waals surface area contributed by atoms with Crippen LogP contribution in [0.5, 0.6) is 0 Å². The van der Waals surface area contributed by atoms with Crippen molar-refractivity contribution in [2.45, 2.75) is 52.0 Å². The summed E-state index contributed by atoms with van der Waals surface area (Å²) in [7, 11) is 0. The van der Waals surface area contributed by atoms with Crippen LogP contribution in [0, 0.1) is 5.92 Å².